The first kappa shape index (κ1) is 22.2. The topological polar surface area (TPSA) is 59.8 Å². The maximum absolute atomic E-state index is 13.5. The number of halogens is 5. The number of benzene rings is 1. The molecule has 0 aliphatic heterocycles. The molecule has 1 aromatic carbocycles. The largest absolute Gasteiger partial charge is 0.416 e. The van der Waals surface area contributed by atoms with E-state index in [2.05, 4.69) is 15.3 Å². The van der Waals surface area contributed by atoms with E-state index in [9.17, 15) is 26.7 Å². The second kappa shape index (κ2) is 7.25. The quantitative estimate of drug-likeness (QED) is 0.554. The highest BCUT2D eigenvalue weighted by atomic mass is 19.4. The van der Waals surface area contributed by atoms with Crippen molar-refractivity contribution < 1.29 is 22.0 Å². The molecule has 10 heteroatoms. The molecule has 1 saturated carbocycles. The summed E-state index contributed by atoms with van der Waals surface area (Å²) in [5.41, 5.74) is -1.33. The Morgan fingerprint density at radius 1 is 1.16 bits per heavy atom. The van der Waals surface area contributed by atoms with Crippen molar-refractivity contribution in [2.75, 3.05) is 5.32 Å². The summed E-state index contributed by atoms with van der Waals surface area (Å²) in [5, 5.41) is 3.46. The third-order valence-electron chi connectivity index (χ3n) is 5.90. The van der Waals surface area contributed by atoms with Gasteiger partial charge >= 0.3 is 6.18 Å². The van der Waals surface area contributed by atoms with Gasteiger partial charge in [-0.25, -0.2) is 18.7 Å². The second-order valence-corrected chi connectivity index (χ2v) is 8.55. The van der Waals surface area contributed by atoms with Crippen molar-refractivity contribution in [3.05, 3.63) is 63.3 Å². The van der Waals surface area contributed by atoms with Crippen LogP contribution in [-0.4, -0.2) is 20.5 Å². The van der Waals surface area contributed by atoms with Crippen molar-refractivity contribution in [1.82, 2.24) is 14.5 Å². The van der Waals surface area contributed by atoms with Crippen molar-refractivity contribution in [2.24, 2.45) is 0 Å². The first-order valence-corrected chi connectivity index (χ1v) is 9.98. The van der Waals surface area contributed by atoms with E-state index in [1.807, 2.05) is 0 Å². The standard InChI is InChI=1S/C22H21F5N4O/c1-12-14(5-4-6-16(12)22(25,26)27)8-28-19-15-9-31(20(3)10-21(23,24)11-20)18(32)7-17(15)29-13(2)30-19/h4-7,9H,8,10-11H2,1-3H3,(H,28,29,30). The molecule has 5 nitrogen and oxygen atoms in total. The first-order chi connectivity index (χ1) is 14.8. The molecule has 0 atom stereocenters. The zero-order chi connectivity index (χ0) is 23.5. The number of hydrogen-bond donors (Lipinski definition) is 1. The number of nitrogens with zero attached hydrogens (tertiary/aromatic N) is 3. The molecule has 0 spiro atoms. The fourth-order valence-electron chi connectivity index (χ4n) is 4.37. The van der Waals surface area contributed by atoms with Gasteiger partial charge in [0.25, 0.3) is 11.5 Å². The molecule has 2 heterocycles. The Hall–Kier alpha value is -3.04. The Labute approximate surface area is 180 Å². The van der Waals surface area contributed by atoms with Crippen LogP contribution in [0.4, 0.5) is 27.8 Å². The van der Waals surface area contributed by atoms with Crippen LogP contribution >= 0.6 is 0 Å². The predicted molar refractivity (Wildman–Crippen MR) is 110 cm³/mol. The SMILES string of the molecule is Cc1nc(NCc2cccc(C(F)(F)F)c2C)c2cn(C3(C)CC(F)(F)C3)c(=O)cc2n1. The van der Waals surface area contributed by atoms with Gasteiger partial charge in [0.05, 0.1) is 22.0 Å². The monoisotopic (exact) mass is 452 g/mol. The number of rotatable bonds is 4. The van der Waals surface area contributed by atoms with Gasteiger partial charge in [0.15, 0.2) is 0 Å². The van der Waals surface area contributed by atoms with Gasteiger partial charge in [-0.3, -0.25) is 4.79 Å². The molecule has 1 aliphatic rings. The number of aryl methyl sites for hydroxylation is 1. The lowest BCUT2D eigenvalue weighted by Crippen LogP contribution is -2.54. The lowest BCUT2D eigenvalue weighted by Gasteiger charge is -2.46. The number of hydrogen-bond acceptors (Lipinski definition) is 4. The van der Waals surface area contributed by atoms with Crippen molar-refractivity contribution >= 4 is 16.7 Å². The highest BCUT2D eigenvalue weighted by Gasteiger charge is 2.55. The maximum atomic E-state index is 13.5. The number of anilines is 1. The molecule has 0 saturated heterocycles. The van der Waals surface area contributed by atoms with Crippen molar-refractivity contribution in [1.29, 1.82) is 0 Å². The van der Waals surface area contributed by atoms with E-state index in [0.717, 1.165) is 6.07 Å². The number of aromatic nitrogens is 3. The van der Waals surface area contributed by atoms with Crippen LogP contribution in [0.15, 0.2) is 35.3 Å². The molecule has 0 amide bonds. The van der Waals surface area contributed by atoms with E-state index in [0.29, 0.717) is 28.1 Å². The Morgan fingerprint density at radius 3 is 2.47 bits per heavy atom. The second-order valence-electron chi connectivity index (χ2n) is 8.55. The van der Waals surface area contributed by atoms with Gasteiger partial charge in [0, 0.05) is 31.6 Å². The number of nitrogens with one attached hydrogen (secondary N) is 1. The normalized spacial score (nSPS) is 17.2. The minimum atomic E-state index is -4.46. The highest BCUT2D eigenvalue weighted by molar-refractivity contribution is 5.88. The van der Waals surface area contributed by atoms with E-state index in [1.54, 1.807) is 19.9 Å². The van der Waals surface area contributed by atoms with Gasteiger partial charge in [-0.15, -0.1) is 0 Å². The summed E-state index contributed by atoms with van der Waals surface area (Å²) >= 11 is 0. The third-order valence-corrected chi connectivity index (χ3v) is 5.90. The molecular weight excluding hydrogens is 431 g/mol. The molecule has 170 valence electrons. The first-order valence-electron chi connectivity index (χ1n) is 9.98. The van der Waals surface area contributed by atoms with E-state index >= 15 is 0 Å². The lowest BCUT2D eigenvalue weighted by atomic mass is 9.74. The van der Waals surface area contributed by atoms with Crippen LogP contribution in [0.25, 0.3) is 10.9 Å². The van der Waals surface area contributed by atoms with Gasteiger partial charge in [0.1, 0.15) is 11.6 Å². The minimum absolute atomic E-state index is 0.0514. The molecular formula is C22H21F5N4O. The van der Waals surface area contributed by atoms with Crippen LogP contribution in [-0.2, 0) is 18.3 Å². The van der Waals surface area contributed by atoms with Crippen molar-refractivity contribution in [3.8, 4) is 0 Å². The van der Waals surface area contributed by atoms with Gasteiger partial charge < -0.3 is 9.88 Å². The van der Waals surface area contributed by atoms with Crippen LogP contribution in [0, 0.1) is 13.8 Å². The summed E-state index contributed by atoms with van der Waals surface area (Å²) < 4.78 is 68.0. The fraction of sp³-hybridized carbons (Fsp3) is 0.409. The average molecular weight is 452 g/mol. The van der Waals surface area contributed by atoms with Crippen LogP contribution in [0.2, 0.25) is 0 Å². The molecule has 3 aromatic rings. The predicted octanol–water partition coefficient (Wildman–Crippen LogP) is 5.18. The van der Waals surface area contributed by atoms with E-state index in [1.165, 1.54) is 29.8 Å². The van der Waals surface area contributed by atoms with Gasteiger partial charge in [-0.2, -0.15) is 13.2 Å². The number of alkyl halides is 5. The summed E-state index contributed by atoms with van der Waals surface area (Å²) in [6.45, 7) is 4.67. The zero-order valence-electron chi connectivity index (χ0n) is 17.6. The van der Waals surface area contributed by atoms with Gasteiger partial charge in [0.2, 0.25) is 0 Å². The molecule has 0 unspecified atom stereocenters. The van der Waals surface area contributed by atoms with Crippen LogP contribution in [0.3, 0.4) is 0 Å². The number of pyridine rings is 1. The van der Waals surface area contributed by atoms with Gasteiger partial charge in [-0.05, 0) is 38.0 Å². The molecule has 2 aromatic heterocycles. The minimum Gasteiger partial charge on any atom is -0.365 e. The van der Waals surface area contributed by atoms with E-state index in [4.69, 9.17) is 0 Å². The lowest BCUT2D eigenvalue weighted by molar-refractivity contribution is -0.146. The van der Waals surface area contributed by atoms with Crippen LogP contribution in [0.5, 0.6) is 0 Å². The Bertz CT molecular complexity index is 1260. The smallest absolute Gasteiger partial charge is 0.365 e. The maximum Gasteiger partial charge on any atom is 0.416 e. The summed E-state index contributed by atoms with van der Waals surface area (Å²) in [7, 11) is 0. The molecule has 0 radical (unpaired) electrons. The Morgan fingerprint density at radius 2 is 1.84 bits per heavy atom. The van der Waals surface area contributed by atoms with Gasteiger partial charge in [-0.1, -0.05) is 12.1 Å². The Balaban J connectivity index is 1.72. The molecule has 32 heavy (non-hydrogen) atoms. The molecule has 1 aliphatic carbocycles. The third kappa shape index (κ3) is 3.93. The molecule has 1 fully saturated rings. The summed E-state index contributed by atoms with van der Waals surface area (Å²) in [4.78, 5) is 21.2. The zero-order valence-corrected chi connectivity index (χ0v) is 17.6. The molecule has 1 N–H and O–H groups in total. The highest BCUT2D eigenvalue weighted by Crippen LogP contribution is 2.49. The number of fused-ring (bicyclic) bond motifs is 1. The van der Waals surface area contributed by atoms with E-state index < -0.39 is 41.6 Å². The molecule has 4 rings (SSSR count). The van der Waals surface area contributed by atoms with Crippen molar-refractivity contribution in [2.45, 2.75) is 57.8 Å². The Kier molecular flexibility index (Phi) is 5.02. The van der Waals surface area contributed by atoms with Crippen LogP contribution in [0.1, 0.15) is 42.3 Å². The molecule has 0 bridgehead atoms. The summed E-state index contributed by atoms with van der Waals surface area (Å²) in [6, 6.07) is 5.22. The fourth-order valence-corrected chi connectivity index (χ4v) is 4.37. The van der Waals surface area contributed by atoms with Crippen molar-refractivity contribution in [3.63, 3.8) is 0 Å². The summed E-state index contributed by atoms with van der Waals surface area (Å²) in [5.74, 6) is -2.15. The van der Waals surface area contributed by atoms with Crippen LogP contribution < -0.4 is 10.9 Å². The average Bonchev–Trinajstić information content (AvgIpc) is 2.63. The van der Waals surface area contributed by atoms with E-state index in [-0.39, 0.29) is 12.1 Å². The summed E-state index contributed by atoms with van der Waals surface area (Å²) in [6.07, 6.45) is -3.92.